The molecule has 6 N–H and O–H groups in total. The van der Waals surface area contributed by atoms with Crippen LogP contribution in [0.3, 0.4) is 0 Å². The Morgan fingerprint density at radius 3 is 1.15 bits per heavy atom. The van der Waals surface area contributed by atoms with Gasteiger partial charge in [-0.15, -0.1) is 0 Å². The summed E-state index contributed by atoms with van der Waals surface area (Å²) in [6, 6.07) is -0.829. The van der Waals surface area contributed by atoms with E-state index >= 15 is 0 Å². The minimum Gasteiger partial charge on any atom is -0.466 e. The van der Waals surface area contributed by atoms with E-state index in [1.54, 1.807) is 6.08 Å². The van der Waals surface area contributed by atoms with Crippen LogP contribution in [-0.2, 0) is 23.8 Å². The second kappa shape index (κ2) is 64.4. The molecule has 1 amide bonds. The van der Waals surface area contributed by atoms with Gasteiger partial charge in [0.05, 0.1) is 32.0 Å². The number of carbonyl (C=O) groups is 2. The van der Waals surface area contributed by atoms with E-state index in [0.29, 0.717) is 19.4 Å². The highest BCUT2D eigenvalue weighted by molar-refractivity contribution is 5.76. The van der Waals surface area contributed by atoms with Gasteiger partial charge >= 0.3 is 5.97 Å². The van der Waals surface area contributed by atoms with Crippen molar-refractivity contribution in [1.82, 2.24) is 5.32 Å². The van der Waals surface area contributed by atoms with Gasteiger partial charge in [0.25, 0.3) is 0 Å². The van der Waals surface area contributed by atoms with Gasteiger partial charge in [0.1, 0.15) is 24.4 Å². The fourth-order valence-corrected chi connectivity index (χ4v) is 12.0. The zero-order valence-corrected chi connectivity index (χ0v) is 56.3. The van der Waals surface area contributed by atoms with Crippen LogP contribution in [0.2, 0.25) is 0 Å². The van der Waals surface area contributed by atoms with Crippen LogP contribution in [0.4, 0.5) is 0 Å². The fourth-order valence-electron chi connectivity index (χ4n) is 12.0. The van der Waals surface area contributed by atoms with E-state index in [0.717, 1.165) is 57.8 Å². The fraction of sp³-hybridized carbons (Fsp3) is 0.893. The van der Waals surface area contributed by atoms with Gasteiger partial charge in [-0.05, 0) is 51.9 Å². The van der Waals surface area contributed by atoms with Crippen molar-refractivity contribution in [2.45, 2.75) is 410 Å². The Balaban J connectivity index is 1.86. The summed E-state index contributed by atoms with van der Waals surface area (Å²) in [5.74, 6) is -0.174. The maximum atomic E-state index is 13.0. The normalized spacial score (nSPS) is 18.1. The second-order valence-corrected chi connectivity index (χ2v) is 26.0. The molecule has 7 unspecified atom stereocenters. The standard InChI is InChI=1S/C75H141NO10/c1-3-5-7-9-11-13-14-43-47-51-55-59-63-71(80)84-64-60-56-52-48-44-41-39-37-35-33-31-29-27-25-23-21-19-17-15-16-18-20-22-24-26-28-30-32-34-36-38-40-42-46-50-54-58-62-70(79)76-67(68(78)61-57-53-49-45-12-10-8-6-4-2)66-85-75-74(83)73(82)72(81)69(65-77)86-75/h4,6,12,45,57,61,67-69,72-75,77-78,81-83H,3,5,7-11,13-44,46-56,58-60,62-66H2,1-2H3,(H,76,79)/b6-4+,45-12+,61-57+. The third-order valence-corrected chi connectivity index (χ3v) is 17.8. The highest BCUT2D eigenvalue weighted by Crippen LogP contribution is 2.24. The molecule has 0 bridgehead atoms. The number of allylic oxidation sites excluding steroid dienone is 5. The quantitative estimate of drug-likeness (QED) is 0.0195. The molecule has 0 aromatic carbocycles. The molecule has 7 atom stereocenters. The van der Waals surface area contributed by atoms with E-state index in [1.165, 1.54) is 283 Å². The number of nitrogens with one attached hydrogen (secondary N) is 1. The largest absolute Gasteiger partial charge is 0.466 e. The number of ether oxygens (including phenoxy) is 3. The lowest BCUT2D eigenvalue weighted by molar-refractivity contribution is -0.302. The van der Waals surface area contributed by atoms with Crippen LogP contribution >= 0.6 is 0 Å². The lowest BCUT2D eigenvalue weighted by atomic mass is 9.99. The van der Waals surface area contributed by atoms with Gasteiger partial charge in [-0.3, -0.25) is 9.59 Å². The number of hydrogen-bond acceptors (Lipinski definition) is 10. The van der Waals surface area contributed by atoms with Gasteiger partial charge in [0.15, 0.2) is 6.29 Å². The average Bonchev–Trinajstić information content (AvgIpc) is 2.71. The van der Waals surface area contributed by atoms with Crippen molar-refractivity contribution in [3.8, 4) is 0 Å². The molecule has 1 rings (SSSR count). The third kappa shape index (κ3) is 52.6. The number of hydrogen-bond donors (Lipinski definition) is 6. The summed E-state index contributed by atoms with van der Waals surface area (Å²) in [5, 5.41) is 54.2. The van der Waals surface area contributed by atoms with Gasteiger partial charge in [-0.25, -0.2) is 0 Å². The molecule has 0 aliphatic carbocycles. The minimum atomic E-state index is -1.58. The lowest BCUT2D eigenvalue weighted by Gasteiger charge is -2.40. The van der Waals surface area contributed by atoms with E-state index < -0.39 is 49.5 Å². The lowest BCUT2D eigenvalue weighted by Crippen LogP contribution is -2.60. The zero-order chi connectivity index (χ0) is 62.3. The Kier molecular flexibility index (Phi) is 61.3. The molecule has 1 heterocycles. The number of esters is 1. The summed E-state index contributed by atoms with van der Waals surface area (Å²) in [6.45, 7) is 4.13. The molecule has 0 aromatic rings. The van der Waals surface area contributed by atoms with Crippen LogP contribution in [0, 0.1) is 0 Å². The first kappa shape index (κ1) is 81.9. The molecule has 0 spiro atoms. The molecule has 0 radical (unpaired) electrons. The van der Waals surface area contributed by atoms with Crippen molar-refractivity contribution in [2.24, 2.45) is 0 Å². The molecule has 1 saturated heterocycles. The molecular formula is C75H141NO10. The molecule has 86 heavy (non-hydrogen) atoms. The molecule has 11 heteroatoms. The molecule has 0 saturated carbocycles. The Labute approximate surface area is 530 Å². The molecule has 11 nitrogen and oxygen atoms in total. The molecule has 1 aliphatic heterocycles. The predicted molar refractivity (Wildman–Crippen MR) is 361 cm³/mol. The van der Waals surface area contributed by atoms with Crippen molar-refractivity contribution in [1.29, 1.82) is 0 Å². The first-order chi connectivity index (χ1) is 42.2. The summed E-state index contributed by atoms with van der Waals surface area (Å²) in [6.07, 6.45) is 73.5. The van der Waals surface area contributed by atoms with Gasteiger partial charge in [0.2, 0.25) is 5.91 Å². The molecular weight excluding hydrogens is 1070 g/mol. The van der Waals surface area contributed by atoms with Gasteiger partial charge in [-0.2, -0.15) is 0 Å². The van der Waals surface area contributed by atoms with Gasteiger partial charge < -0.3 is 45.1 Å². The number of unbranched alkanes of at least 4 members (excludes halogenated alkanes) is 49. The van der Waals surface area contributed by atoms with Crippen LogP contribution in [-0.4, -0.2) is 100 Å². The van der Waals surface area contributed by atoms with Crippen LogP contribution in [0.15, 0.2) is 36.5 Å². The van der Waals surface area contributed by atoms with Crippen molar-refractivity contribution in [2.75, 3.05) is 19.8 Å². The van der Waals surface area contributed by atoms with Crippen LogP contribution in [0.5, 0.6) is 0 Å². The molecule has 1 aliphatic rings. The van der Waals surface area contributed by atoms with Crippen molar-refractivity contribution < 1.29 is 49.3 Å². The van der Waals surface area contributed by atoms with E-state index in [4.69, 9.17) is 14.2 Å². The Morgan fingerprint density at radius 2 is 0.779 bits per heavy atom. The molecule has 1 fully saturated rings. The summed E-state index contributed by atoms with van der Waals surface area (Å²) in [5.41, 5.74) is 0. The zero-order valence-electron chi connectivity index (χ0n) is 56.3. The third-order valence-electron chi connectivity index (χ3n) is 17.8. The number of aliphatic hydroxyl groups excluding tert-OH is 5. The highest BCUT2D eigenvalue weighted by atomic mass is 16.7. The topological polar surface area (TPSA) is 175 Å². The monoisotopic (exact) mass is 1220 g/mol. The van der Waals surface area contributed by atoms with E-state index in [1.807, 2.05) is 19.1 Å². The Hall–Kier alpha value is -2.12. The Morgan fingerprint density at radius 1 is 0.442 bits per heavy atom. The van der Waals surface area contributed by atoms with Gasteiger partial charge in [0, 0.05) is 12.8 Å². The number of amides is 1. The SMILES string of the molecule is C/C=C/CC/C=C/CC/C=C/C(O)C(COC1OC(CO)C(O)C(O)C1O)NC(=O)CCCCCCCCCCCCCCCCCCCCCCCCCCCCCCCCCCCCCCCOC(=O)CCCCCCCCCCCCCC. The summed E-state index contributed by atoms with van der Waals surface area (Å²) < 4.78 is 16.7. The van der Waals surface area contributed by atoms with E-state index in [2.05, 4.69) is 30.5 Å². The summed E-state index contributed by atoms with van der Waals surface area (Å²) >= 11 is 0. The number of aliphatic hydroxyl groups is 5. The van der Waals surface area contributed by atoms with Crippen molar-refractivity contribution in [3.63, 3.8) is 0 Å². The maximum Gasteiger partial charge on any atom is 0.305 e. The van der Waals surface area contributed by atoms with Gasteiger partial charge in [-0.1, -0.05) is 339 Å². The summed E-state index contributed by atoms with van der Waals surface area (Å²) in [7, 11) is 0. The Bertz CT molecular complexity index is 1520. The van der Waals surface area contributed by atoms with E-state index in [9.17, 15) is 35.1 Å². The molecule has 506 valence electrons. The van der Waals surface area contributed by atoms with Crippen molar-refractivity contribution >= 4 is 11.9 Å². The van der Waals surface area contributed by atoms with Crippen LogP contribution in [0.1, 0.15) is 367 Å². The minimum absolute atomic E-state index is 0.0180. The van der Waals surface area contributed by atoms with E-state index in [-0.39, 0.29) is 18.5 Å². The summed E-state index contributed by atoms with van der Waals surface area (Å²) in [4.78, 5) is 25.1. The first-order valence-corrected chi connectivity index (χ1v) is 37.2. The highest BCUT2D eigenvalue weighted by Gasteiger charge is 2.44. The van der Waals surface area contributed by atoms with Crippen molar-refractivity contribution in [3.05, 3.63) is 36.5 Å². The van der Waals surface area contributed by atoms with Crippen LogP contribution < -0.4 is 5.32 Å². The second-order valence-electron chi connectivity index (χ2n) is 26.0. The number of carbonyl (C=O) groups excluding carboxylic acids is 2. The molecule has 0 aromatic heterocycles. The van der Waals surface area contributed by atoms with Crippen LogP contribution in [0.25, 0.3) is 0 Å². The first-order valence-electron chi connectivity index (χ1n) is 37.2. The smallest absolute Gasteiger partial charge is 0.305 e. The number of rotatable bonds is 66. The predicted octanol–water partition coefficient (Wildman–Crippen LogP) is 19.4. The maximum absolute atomic E-state index is 13.0. The average molecular weight is 1220 g/mol.